The molecule has 5 aromatic rings. The molecule has 3 aromatic carbocycles. The molecule has 4 saturated heterocycles. The summed E-state index contributed by atoms with van der Waals surface area (Å²) in [6.07, 6.45) is 7.56. The first-order chi connectivity index (χ1) is 32.2. The van der Waals surface area contributed by atoms with Crippen molar-refractivity contribution in [3.05, 3.63) is 125 Å². The van der Waals surface area contributed by atoms with Gasteiger partial charge in [-0.05, 0) is 123 Å². The third-order valence-electron chi connectivity index (χ3n) is 15.1. The van der Waals surface area contributed by atoms with Crippen molar-refractivity contribution in [2.24, 2.45) is 11.3 Å². The molecule has 0 radical (unpaired) electrons. The summed E-state index contributed by atoms with van der Waals surface area (Å²) < 4.78 is 73.2. The average Bonchev–Trinajstić information content (AvgIpc) is 4.02. The standard InChI is InChI=1S/C50H51F3N8O5S/c1-29-2-11-43(48(63)56-29)61-25-35-18-37(7-8-38(35)49(61)64)59-27-50(28-59)20-30(21-50)24-58-15-12-33(13-16-58)31-3-5-32(6-4-31)34-19-39-40(23-55-47(39)54-22-34)46(62)44-41(52)9-10-42(45(44)53)57-67(65,66)60-17-14-36(51)26-60/h3-10,18-19,22-23,30,33,36,43,57H,1-2,11-17,20-21,24-28H2,(H,54,55)(H,56,63)/t36-,43?/m1/s1. The van der Waals surface area contributed by atoms with Gasteiger partial charge in [0.1, 0.15) is 23.7 Å². The van der Waals surface area contributed by atoms with Crippen LogP contribution in [-0.2, 0) is 21.5 Å². The van der Waals surface area contributed by atoms with Crippen LogP contribution in [0.25, 0.3) is 22.2 Å². The van der Waals surface area contributed by atoms with Crippen LogP contribution in [0.15, 0.2) is 85.3 Å². The molecule has 5 fully saturated rings. The number of anilines is 2. The van der Waals surface area contributed by atoms with Gasteiger partial charge in [0, 0.05) is 90.5 Å². The summed E-state index contributed by atoms with van der Waals surface area (Å²) >= 11 is 0. The lowest BCUT2D eigenvalue weighted by molar-refractivity contribution is -0.126. The van der Waals surface area contributed by atoms with E-state index in [1.807, 2.05) is 18.2 Å². The number of piperidine rings is 2. The number of fused-ring (bicyclic) bond motifs is 2. The van der Waals surface area contributed by atoms with Crippen molar-refractivity contribution < 1.29 is 36.0 Å². The number of carbonyl (C=O) groups excluding carboxylic acids is 3. The van der Waals surface area contributed by atoms with Gasteiger partial charge in [-0.2, -0.15) is 12.7 Å². The molecule has 0 bridgehead atoms. The Balaban J connectivity index is 0.671. The van der Waals surface area contributed by atoms with Crippen LogP contribution in [0.1, 0.15) is 88.3 Å². The third-order valence-corrected chi connectivity index (χ3v) is 16.6. The lowest BCUT2D eigenvalue weighted by Gasteiger charge is -2.60. The Morgan fingerprint density at radius 1 is 0.940 bits per heavy atom. The molecule has 1 saturated carbocycles. The molecular weight excluding hydrogens is 882 g/mol. The van der Waals surface area contributed by atoms with Crippen molar-refractivity contribution in [2.75, 3.05) is 55.4 Å². The number of alkyl halides is 1. The second-order valence-corrected chi connectivity index (χ2v) is 21.2. The fraction of sp³-hybridized carbons (Fsp3) is 0.400. The summed E-state index contributed by atoms with van der Waals surface area (Å²) in [6.45, 7) is 9.14. The summed E-state index contributed by atoms with van der Waals surface area (Å²) in [5.41, 5.74) is 5.54. The number of carbonyl (C=O) groups is 3. The zero-order valence-electron chi connectivity index (χ0n) is 36.9. The van der Waals surface area contributed by atoms with Crippen LogP contribution in [0, 0.1) is 23.0 Å². The maximum absolute atomic E-state index is 15.8. The van der Waals surface area contributed by atoms with Crippen molar-refractivity contribution in [3.63, 3.8) is 0 Å². The molecular formula is C50H51F3N8O5S. The first-order valence-corrected chi connectivity index (χ1v) is 24.6. The fourth-order valence-electron chi connectivity index (χ4n) is 11.5. The normalized spacial score (nSPS) is 22.6. The van der Waals surface area contributed by atoms with Crippen molar-refractivity contribution >= 4 is 50.2 Å². The molecule has 11 rings (SSSR count). The van der Waals surface area contributed by atoms with Gasteiger partial charge in [0.05, 0.1) is 11.3 Å². The van der Waals surface area contributed by atoms with E-state index in [2.05, 4.69) is 60.7 Å². The van der Waals surface area contributed by atoms with Crippen LogP contribution in [0.3, 0.4) is 0 Å². The van der Waals surface area contributed by atoms with Gasteiger partial charge in [-0.3, -0.25) is 19.1 Å². The first-order valence-electron chi connectivity index (χ1n) is 23.1. The molecule has 67 heavy (non-hydrogen) atoms. The van der Waals surface area contributed by atoms with Gasteiger partial charge in [-0.15, -0.1) is 0 Å². The van der Waals surface area contributed by atoms with Crippen LogP contribution in [0.4, 0.5) is 24.5 Å². The van der Waals surface area contributed by atoms with E-state index in [4.69, 9.17) is 0 Å². The van der Waals surface area contributed by atoms with E-state index in [0.29, 0.717) is 64.5 Å². The fourth-order valence-corrected chi connectivity index (χ4v) is 12.8. The lowest BCUT2D eigenvalue weighted by atomic mass is 9.57. The molecule has 13 nitrogen and oxygen atoms in total. The lowest BCUT2D eigenvalue weighted by Crippen LogP contribution is -2.63. The Kier molecular flexibility index (Phi) is 10.8. The zero-order chi connectivity index (χ0) is 46.4. The number of aromatic nitrogens is 2. The summed E-state index contributed by atoms with van der Waals surface area (Å²) in [4.78, 5) is 53.7. The summed E-state index contributed by atoms with van der Waals surface area (Å²) in [7, 11) is -4.35. The number of aromatic amines is 1. The number of rotatable bonds is 11. The van der Waals surface area contributed by atoms with E-state index in [-0.39, 0.29) is 36.9 Å². The second-order valence-electron chi connectivity index (χ2n) is 19.5. The van der Waals surface area contributed by atoms with E-state index in [0.717, 1.165) is 78.8 Å². The van der Waals surface area contributed by atoms with E-state index >= 15 is 8.78 Å². The number of likely N-dealkylation sites (tertiary alicyclic amines) is 1. The topological polar surface area (TPSA) is 151 Å². The van der Waals surface area contributed by atoms with Gasteiger partial charge in [-0.25, -0.2) is 18.2 Å². The number of hydrogen-bond acceptors (Lipinski definition) is 8. The van der Waals surface area contributed by atoms with E-state index < -0.39 is 51.1 Å². The molecule has 5 aliphatic heterocycles. The number of allylic oxidation sites excluding steroid dienone is 1. The molecule has 1 unspecified atom stereocenters. The summed E-state index contributed by atoms with van der Waals surface area (Å²) in [5.74, 6) is -2.60. The van der Waals surface area contributed by atoms with E-state index in [1.165, 1.54) is 24.6 Å². The molecule has 348 valence electrons. The van der Waals surface area contributed by atoms with Gasteiger partial charge >= 0.3 is 10.2 Å². The van der Waals surface area contributed by atoms with Gasteiger partial charge in [-0.1, -0.05) is 30.8 Å². The molecule has 2 amide bonds. The summed E-state index contributed by atoms with van der Waals surface area (Å²) in [5, 5.41) is 3.17. The molecule has 3 N–H and O–H groups in total. The van der Waals surface area contributed by atoms with Gasteiger partial charge in [0.25, 0.3) is 5.91 Å². The van der Waals surface area contributed by atoms with Crippen molar-refractivity contribution in [1.82, 2.24) is 29.4 Å². The molecule has 2 aromatic heterocycles. The van der Waals surface area contributed by atoms with Crippen LogP contribution in [0.2, 0.25) is 0 Å². The molecule has 1 spiro atoms. The number of pyridine rings is 1. The van der Waals surface area contributed by atoms with Gasteiger partial charge in [0.15, 0.2) is 5.82 Å². The number of ketones is 1. The Morgan fingerprint density at radius 3 is 2.45 bits per heavy atom. The van der Waals surface area contributed by atoms with E-state index in [9.17, 15) is 27.2 Å². The predicted octanol–water partition coefficient (Wildman–Crippen LogP) is 7.28. The average molecular weight is 933 g/mol. The highest BCUT2D eigenvalue weighted by molar-refractivity contribution is 7.90. The van der Waals surface area contributed by atoms with Crippen molar-refractivity contribution in [1.29, 1.82) is 0 Å². The zero-order valence-corrected chi connectivity index (χ0v) is 37.7. The van der Waals surface area contributed by atoms with Gasteiger partial charge in [0.2, 0.25) is 11.7 Å². The Bertz CT molecular complexity index is 2960. The highest BCUT2D eigenvalue weighted by atomic mass is 32.2. The monoisotopic (exact) mass is 932 g/mol. The Hall–Kier alpha value is -6.04. The number of nitrogens with zero attached hydrogens (tertiary/aromatic N) is 5. The minimum Gasteiger partial charge on any atom is -0.370 e. The van der Waals surface area contributed by atoms with E-state index in [1.54, 1.807) is 17.2 Å². The maximum atomic E-state index is 15.8. The number of benzene rings is 3. The maximum Gasteiger partial charge on any atom is 0.301 e. The number of H-pyrrole nitrogens is 1. The van der Waals surface area contributed by atoms with Crippen LogP contribution >= 0.6 is 0 Å². The summed E-state index contributed by atoms with van der Waals surface area (Å²) in [6, 6.07) is 17.5. The highest BCUT2D eigenvalue weighted by Gasteiger charge is 2.52. The van der Waals surface area contributed by atoms with Crippen molar-refractivity contribution in [3.8, 4) is 11.1 Å². The molecule has 1 aliphatic carbocycles. The first kappa shape index (κ1) is 43.5. The molecule has 2 atom stereocenters. The SMILES string of the molecule is C=C1CCC(N2Cc3cc(N4CC5(CC(CN6CCC(c7ccc(-c8cnc9[nH]cc(C(=O)c%10c(F)ccc(NS(=O)(=O)N%11CC[C@@H](F)C%11)c%10F)c9c8)cc7)CC6)C5)C4)ccc3C2=O)C(=O)N1. The third kappa shape index (κ3) is 7.97. The van der Waals surface area contributed by atoms with Gasteiger partial charge < -0.3 is 25.0 Å². The quantitative estimate of drug-likeness (QED) is 0.117. The van der Waals surface area contributed by atoms with Crippen molar-refractivity contribution in [2.45, 2.75) is 69.6 Å². The number of halogens is 3. The molecule has 6 aliphatic rings. The van der Waals surface area contributed by atoms with Crippen LogP contribution < -0.4 is 14.9 Å². The predicted molar refractivity (Wildman–Crippen MR) is 247 cm³/mol. The minimum absolute atomic E-state index is 0.00995. The number of nitrogens with one attached hydrogen (secondary N) is 3. The number of hydrogen-bond donors (Lipinski definition) is 3. The van der Waals surface area contributed by atoms with Crippen LogP contribution in [-0.4, -0.2) is 108 Å². The smallest absolute Gasteiger partial charge is 0.301 e. The van der Waals surface area contributed by atoms with Crippen LogP contribution in [0.5, 0.6) is 0 Å². The molecule has 7 heterocycles. The largest absolute Gasteiger partial charge is 0.370 e. The second kappa shape index (κ2) is 16.6. The Morgan fingerprint density at radius 2 is 1.72 bits per heavy atom. The Labute approximate surface area is 386 Å². The highest BCUT2D eigenvalue weighted by Crippen LogP contribution is 2.53. The number of amides is 2. The minimum atomic E-state index is -4.35. The molecule has 17 heteroatoms.